The number of rotatable bonds is 3. The molecule has 0 amide bonds. The highest BCUT2D eigenvalue weighted by molar-refractivity contribution is 4.76. The van der Waals surface area contributed by atoms with E-state index in [-0.39, 0.29) is 0 Å². The van der Waals surface area contributed by atoms with Crippen LogP contribution in [0.3, 0.4) is 0 Å². The van der Waals surface area contributed by atoms with Gasteiger partial charge in [-0.15, -0.1) is 0 Å². The fourth-order valence-corrected chi connectivity index (χ4v) is 2.26. The van der Waals surface area contributed by atoms with Gasteiger partial charge in [-0.3, -0.25) is 0 Å². The van der Waals surface area contributed by atoms with Crippen LogP contribution in [0.2, 0.25) is 0 Å². The maximum Gasteiger partial charge on any atom is 0.0576 e. The first-order valence-corrected chi connectivity index (χ1v) is 5.30. The summed E-state index contributed by atoms with van der Waals surface area (Å²) in [7, 11) is 0. The normalized spacial score (nSPS) is 36.0. The monoisotopic (exact) mass is 169 g/mol. The fraction of sp³-hybridized carbons (Fsp3) is 1.00. The van der Waals surface area contributed by atoms with Crippen LogP contribution in [-0.4, -0.2) is 25.3 Å². The summed E-state index contributed by atoms with van der Waals surface area (Å²) in [6, 6.07) is 0.800. The van der Waals surface area contributed by atoms with Gasteiger partial charge in [-0.05, 0) is 45.1 Å². The second-order valence-electron chi connectivity index (χ2n) is 4.01. The summed E-state index contributed by atoms with van der Waals surface area (Å²) >= 11 is 0. The Morgan fingerprint density at radius 2 is 2.17 bits per heavy atom. The maximum atomic E-state index is 5.58. The van der Waals surface area contributed by atoms with Crippen LogP contribution < -0.4 is 5.32 Å². The predicted molar refractivity (Wildman–Crippen MR) is 49.2 cm³/mol. The molecule has 70 valence electrons. The zero-order valence-corrected chi connectivity index (χ0v) is 7.72. The van der Waals surface area contributed by atoms with Crippen molar-refractivity contribution < 1.29 is 4.74 Å². The Hall–Kier alpha value is -0.0800. The SMILES string of the molecule is C1CNC(CCC2CCCO2)C1. The van der Waals surface area contributed by atoms with Crippen molar-refractivity contribution in [2.24, 2.45) is 0 Å². The van der Waals surface area contributed by atoms with Gasteiger partial charge in [0.05, 0.1) is 6.10 Å². The lowest BCUT2D eigenvalue weighted by Gasteiger charge is -2.13. The lowest BCUT2D eigenvalue weighted by molar-refractivity contribution is 0.100. The zero-order valence-electron chi connectivity index (χ0n) is 7.72. The average Bonchev–Trinajstić information content (AvgIpc) is 2.74. The van der Waals surface area contributed by atoms with Crippen LogP contribution in [0.15, 0.2) is 0 Å². The summed E-state index contributed by atoms with van der Waals surface area (Å²) in [6.45, 7) is 2.24. The van der Waals surface area contributed by atoms with Crippen molar-refractivity contribution >= 4 is 0 Å². The highest BCUT2D eigenvalue weighted by Gasteiger charge is 2.19. The molecule has 2 saturated heterocycles. The van der Waals surface area contributed by atoms with Crippen LogP contribution >= 0.6 is 0 Å². The Bertz CT molecular complexity index is 110. The third-order valence-electron chi connectivity index (χ3n) is 3.02. The van der Waals surface area contributed by atoms with E-state index in [0.717, 1.165) is 12.6 Å². The topological polar surface area (TPSA) is 21.3 Å². The van der Waals surface area contributed by atoms with E-state index in [9.17, 15) is 0 Å². The molecular formula is C10H19NO. The molecule has 0 saturated carbocycles. The van der Waals surface area contributed by atoms with Gasteiger partial charge in [-0.1, -0.05) is 0 Å². The Morgan fingerprint density at radius 1 is 1.17 bits per heavy atom. The molecule has 2 heterocycles. The van der Waals surface area contributed by atoms with Crippen molar-refractivity contribution in [2.75, 3.05) is 13.2 Å². The number of ether oxygens (including phenoxy) is 1. The Morgan fingerprint density at radius 3 is 2.83 bits per heavy atom. The first-order chi connectivity index (χ1) is 5.95. The van der Waals surface area contributed by atoms with E-state index < -0.39 is 0 Å². The lowest BCUT2D eigenvalue weighted by atomic mass is 10.1. The molecule has 2 heteroatoms. The number of hydrogen-bond acceptors (Lipinski definition) is 2. The highest BCUT2D eigenvalue weighted by Crippen LogP contribution is 2.20. The van der Waals surface area contributed by atoms with E-state index >= 15 is 0 Å². The lowest BCUT2D eigenvalue weighted by Crippen LogP contribution is -2.22. The van der Waals surface area contributed by atoms with Gasteiger partial charge in [0.15, 0.2) is 0 Å². The fourth-order valence-electron chi connectivity index (χ4n) is 2.26. The highest BCUT2D eigenvalue weighted by atomic mass is 16.5. The summed E-state index contributed by atoms with van der Waals surface area (Å²) in [5.74, 6) is 0. The first kappa shape index (κ1) is 8.52. The quantitative estimate of drug-likeness (QED) is 0.694. The minimum atomic E-state index is 0.590. The molecule has 2 unspecified atom stereocenters. The van der Waals surface area contributed by atoms with Crippen LogP contribution in [0.1, 0.15) is 38.5 Å². The summed E-state index contributed by atoms with van der Waals surface area (Å²) in [6.07, 6.45) is 8.52. The number of nitrogens with one attached hydrogen (secondary N) is 1. The van der Waals surface area contributed by atoms with Crippen molar-refractivity contribution in [2.45, 2.75) is 50.7 Å². The van der Waals surface area contributed by atoms with Crippen molar-refractivity contribution in [3.05, 3.63) is 0 Å². The molecular weight excluding hydrogens is 150 g/mol. The van der Waals surface area contributed by atoms with Gasteiger partial charge < -0.3 is 10.1 Å². The molecule has 0 aromatic carbocycles. The summed E-state index contributed by atoms with van der Waals surface area (Å²) < 4.78 is 5.58. The largest absolute Gasteiger partial charge is 0.378 e. The number of hydrogen-bond donors (Lipinski definition) is 1. The molecule has 12 heavy (non-hydrogen) atoms. The van der Waals surface area contributed by atoms with Gasteiger partial charge in [0.2, 0.25) is 0 Å². The van der Waals surface area contributed by atoms with Crippen LogP contribution in [0, 0.1) is 0 Å². The van der Waals surface area contributed by atoms with E-state index in [0.29, 0.717) is 6.10 Å². The van der Waals surface area contributed by atoms with Crippen LogP contribution in [-0.2, 0) is 4.74 Å². The third kappa shape index (κ3) is 2.20. The molecule has 1 N–H and O–H groups in total. The Balaban J connectivity index is 1.60. The van der Waals surface area contributed by atoms with Gasteiger partial charge in [0.25, 0.3) is 0 Å². The molecule has 2 aliphatic heterocycles. The molecule has 2 rings (SSSR count). The smallest absolute Gasteiger partial charge is 0.0576 e. The van der Waals surface area contributed by atoms with Crippen molar-refractivity contribution in [1.82, 2.24) is 5.32 Å². The van der Waals surface area contributed by atoms with E-state index in [1.54, 1.807) is 0 Å². The van der Waals surface area contributed by atoms with Gasteiger partial charge >= 0.3 is 0 Å². The molecule has 0 radical (unpaired) electrons. The molecule has 2 fully saturated rings. The minimum Gasteiger partial charge on any atom is -0.378 e. The van der Waals surface area contributed by atoms with Gasteiger partial charge in [-0.2, -0.15) is 0 Å². The Kier molecular flexibility index (Phi) is 3.01. The van der Waals surface area contributed by atoms with Crippen molar-refractivity contribution in [3.8, 4) is 0 Å². The van der Waals surface area contributed by atoms with Gasteiger partial charge in [0, 0.05) is 12.6 Å². The molecule has 0 aromatic heterocycles. The molecule has 0 aliphatic carbocycles. The molecule has 0 aromatic rings. The van der Waals surface area contributed by atoms with Crippen LogP contribution in [0.5, 0.6) is 0 Å². The van der Waals surface area contributed by atoms with E-state index in [1.165, 1.54) is 45.1 Å². The molecule has 0 spiro atoms. The van der Waals surface area contributed by atoms with Gasteiger partial charge in [-0.25, -0.2) is 0 Å². The standard InChI is InChI=1S/C10H19NO/c1-3-9(11-7-1)5-6-10-4-2-8-12-10/h9-11H,1-8H2. The maximum absolute atomic E-state index is 5.58. The van der Waals surface area contributed by atoms with E-state index in [1.807, 2.05) is 0 Å². The second-order valence-corrected chi connectivity index (χ2v) is 4.01. The van der Waals surface area contributed by atoms with Gasteiger partial charge in [0.1, 0.15) is 0 Å². The molecule has 2 nitrogen and oxygen atoms in total. The first-order valence-electron chi connectivity index (χ1n) is 5.30. The molecule has 2 aliphatic rings. The second kappa shape index (κ2) is 4.24. The Labute approximate surface area is 74.7 Å². The average molecular weight is 169 g/mol. The van der Waals surface area contributed by atoms with E-state index in [2.05, 4.69) is 5.32 Å². The summed E-state index contributed by atoms with van der Waals surface area (Å²) in [4.78, 5) is 0. The molecule has 0 bridgehead atoms. The zero-order chi connectivity index (χ0) is 8.23. The van der Waals surface area contributed by atoms with E-state index in [4.69, 9.17) is 4.74 Å². The van der Waals surface area contributed by atoms with Crippen molar-refractivity contribution in [1.29, 1.82) is 0 Å². The minimum absolute atomic E-state index is 0.590. The summed E-state index contributed by atoms with van der Waals surface area (Å²) in [5.41, 5.74) is 0. The predicted octanol–water partition coefficient (Wildman–Crippen LogP) is 1.70. The van der Waals surface area contributed by atoms with Crippen LogP contribution in [0.25, 0.3) is 0 Å². The summed E-state index contributed by atoms with van der Waals surface area (Å²) in [5, 5.41) is 3.52. The third-order valence-corrected chi connectivity index (χ3v) is 3.02. The molecule has 2 atom stereocenters. The van der Waals surface area contributed by atoms with Crippen LogP contribution in [0.4, 0.5) is 0 Å². The van der Waals surface area contributed by atoms with Crippen molar-refractivity contribution in [3.63, 3.8) is 0 Å².